The minimum absolute atomic E-state index is 0.0280. The summed E-state index contributed by atoms with van der Waals surface area (Å²) < 4.78 is 0. The maximum atomic E-state index is 12.7. The van der Waals surface area contributed by atoms with Crippen LogP contribution < -0.4 is 21.2 Å². The van der Waals surface area contributed by atoms with Crippen LogP contribution in [0.25, 0.3) is 12.2 Å². The number of nitrogens with zero attached hydrogens (tertiary/aromatic N) is 1. The fraction of sp³-hybridized carbons (Fsp3) is 0.381. The van der Waals surface area contributed by atoms with Crippen LogP contribution in [0.4, 0.5) is 5.69 Å². The van der Waals surface area contributed by atoms with Crippen molar-refractivity contribution in [2.75, 3.05) is 26.5 Å². The highest BCUT2D eigenvalue weighted by Gasteiger charge is 2.18. The number of benzene rings is 1. The van der Waals surface area contributed by atoms with E-state index in [0.717, 1.165) is 28.4 Å². The molecule has 1 aromatic heterocycles. The number of rotatable bonds is 7. The number of carbonyl (C=O) groups excluding carboxylic acids is 1. The van der Waals surface area contributed by atoms with Gasteiger partial charge in [0, 0.05) is 23.8 Å². The topological polar surface area (TPSA) is 60.2 Å². The predicted octanol–water partition coefficient (Wildman–Crippen LogP) is 1.45. The Hall–Kier alpha value is -2.37. The highest BCUT2D eigenvalue weighted by atomic mass is 16.2. The second kappa shape index (κ2) is 9.36. The summed E-state index contributed by atoms with van der Waals surface area (Å²) >= 11 is 0. The summed E-state index contributed by atoms with van der Waals surface area (Å²) in [6.45, 7) is 4.87. The van der Waals surface area contributed by atoms with Gasteiger partial charge < -0.3 is 20.5 Å². The maximum absolute atomic E-state index is 12.7. The first kappa shape index (κ1) is 19.9. The summed E-state index contributed by atoms with van der Waals surface area (Å²) in [5, 5.41) is 8.43. The molecule has 1 aromatic carbocycles. The number of aromatic amines is 1. The summed E-state index contributed by atoms with van der Waals surface area (Å²) in [6.07, 6.45) is 6.74. The SMILES string of the molecule is C/C=c1/c(C[C@@H](NC)C(=O)Nc2cccc(CN(C)C)c2)c[nH]/c1=C/C. The third kappa shape index (κ3) is 5.07. The van der Waals surface area contributed by atoms with Gasteiger partial charge in [-0.3, -0.25) is 4.79 Å². The second-order valence-corrected chi connectivity index (χ2v) is 6.69. The van der Waals surface area contributed by atoms with Crippen LogP contribution in [0.1, 0.15) is 25.0 Å². The fourth-order valence-electron chi connectivity index (χ4n) is 3.13. The molecule has 0 radical (unpaired) electrons. The van der Waals surface area contributed by atoms with Crippen LogP contribution in [0.5, 0.6) is 0 Å². The first-order valence-electron chi connectivity index (χ1n) is 8.99. The Morgan fingerprint density at radius 2 is 2.04 bits per heavy atom. The monoisotopic (exact) mass is 354 g/mol. The Labute approximate surface area is 155 Å². The second-order valence-electron chi connectivity index (χ2n) is 6.69. The summed E-state index contributed by atoms with van der Waals surface area (Å²) in [6, 6.07) is 7.69. The first-order valence-corrected chi connectivity index (χ1v) is 8.99. The highest BCUT2D eigenvalue weighted by molar-refractivity contribution is 5.95. The van der Waals surface area contributed by atoms with Gasteiger partial charge in [-0.25, -0.2) is 0 Å². The van der Waals surface area contributed by atoms with Crippen LogP contribution in [0.15, 0.2) is 30.5 Å². The number of H-pyrrole nitrogens is 1. The van der Waals surface area contributed by atoms with Gasteiger partial charge in [-0.2, -0.15) is 0 Å². The fourth-order valence-corrected chi connectivity index (χ4v) is 3.13. The van der Waals surface area contributed by atoms with Crippen LogP contribution in [-0.2, 0) is 17.8 Å². The van der Waals surface area contributed by atoms with Gasteiger partial charge in [0.25, 0.3) is 0 Å². The van der Waals surface area contributed by atoms with Crippen LogP contribution in [-0.4, -0.2) is 43.0 Å². The lowest BCUT2D eigenvalue weighted by Gasteiger charge is -2.16. The van der Waals surface area contributed by atoms with E-state index in [4.69, 9.17) is 0 Å². The Balaban J connectivity index is 2.13. The van der Waals surface area contributed by atoms with Crippen molar-refractivity contribution in [2.45, 2.75) is 32.9 Å². The van der Waals surface area contributed by atoms with Gasteiger partial charge in [-0.05, 0) is 69.9 Å². The van der Waals surface area contributed by atoms with Crippen LogP contribution in [0.2, 0.25) is 0 Å². The van der Waals surface area contributed by atoms with E-state index in [9.17, 15) is 4.79 Å². The molecule has 0 aliphatic heterocycles. The molecule has 1 amide bonds. The zero-order valence-electron chi connectivity index (χ0n) is 16.4. The van der Waals surface area contributed by atoms with E-state index in [1.807, 2.05) is 65.5 Å². The lowest BCUT2D eigenvalue weighted by Crippen LogP contribution is -2.41. The van der Waals surface area contributed by atoms with Crippen molar-refractivity contribution >= 4 is 23.7 Å². The summed E-state index contributed by atoms with van der Waals surface area (Å²) in [5.41, 5.74) is 3.13. The third-order valence-electron chi connectivity index (χ3n) is 4.40. The lowest BCUT2D eigenvalue weighted by molar-refractivity contribution is -0.118. The van der Waals surface area contributed by atoms with Gasteiger partial charge in [0.15, 0.2) is 0 Å². The number of hydrogen-bond acceptors (Lipinski definition) is 3. The van der Waals surface area contributed by atoms with Gasteiger partial charge in [0.2, 0.25) is 5.91 Å². The lowest BCUT2D eigenvalue weighted by atomic mass is 10.1. The predicted molar refractivity (Wildman–Crippen MR) is 109 cm³/mol. The van der Waals surface area contributed by atoms with E-state index >= 15 is 0 Å². The van der Waals surface area contributed by atoms with Crippen molar-refractivity contribution < 1.29 is 4.79 Å². The minimum atomic E-state index is -0.299. The number of aromatic nitrogens is 1. The average molecular weight is 354 g/mol. The normalized spacial score (nSPS) is 14.1. The Morgan fingerprint density at radius 3 is 2.65 bits per heavy atom. The van der Waals surface area contributed by atoms with E-state index in [1.165, 1.54) is 5.56 Å². The molecule has 5 nitrogen and oxygen atoms in total. The zero-order valence-corrected chi connectivity index (χ0v) is 16.4. The molecule has 3 N–H and O–H groups in total. The molecule has 0 saturated carbocycles. The minimum Gasteiger partial charge on any atom is -0.361 e. The molecule has 2 aromatic rings. The standard InChI is InChI=1S/C21H30N4O/c1-6-18-16(13-23-19(18)7-2)12-20(22-3)21(26)24-17-10-8-9-15(11-17)14-25(4)5/h6-11,13,20,22-23H,12,14H2,1-5H3,(H,24,26)/b18-6-,19-7+/t20-/m1/s1. The first-order chi connectivity index (χ1) is 12.5. The van der Waals surface area contributed by atoms with E-state index in [0.29, 0.717) is 6.42 Å². The third-order valence-corrected chi connectivity index (χ3v) is 4.40. The van der Waals surface area contributed by atoms with Crippen molar-refractivity contribution in [3.05, 3.63) is 52.2 Å². The molecule has 26 heavy (non-hydrogen) atoms. The van der Waals surface area contributed by atoms with Crippen molar-refractivity contribution in [3.63, 3.8) is 0 Å². The van der Waals surface area contributed by atoms with Gasteiger partial charge in [-0.15, -0.1) is 0 Å². The van der Waals surface area contributed by atoms with Crippen molar-refractivity contribution in [3.8, 4) is 0 Å². The molecule has 0 aliphatic carbocycles. The maximum Gasteiger partial charge on any atom is 0.241 e. The summed E-state index contributed by atoms with van der Waals surface area (Å²) in [7, 11) is 5.88. The number of nitrogens with one attached hydrogen (secondary N) is 3. The smallest absolute Gasteiger partial charge is 0.241 e. The molecule has 2 rings (SSSR count). The Morgan fingerprint density at radius 1 is 1.27 bits per heavy atom. The van der Waals surface area contributed by atoms with E-state index in [2.05, 4.69) is 32.7 Å². The van der Waals surface area contributed by atoms with E-state index in [-0.39, 0.29) is 11.9 Å². The molecule has 0 unspecified atom stereocenters. The van der Waals surface area contributed by atoms with Gasteiger partial charge in [-0.1, -0.05) is 24.3 Å². The van der Waals surface area contributed by atoms with E-state index in [1.54, 1.807) is 0 Å². The Kier molecular flexibility index (Phi) is 7.18. The zero-order chi connectivity index (χ0) is 19.1. The molecule has 140 valence electrons. The van der Waals surface area contributed by atoms with E-state index < -0.39 is 0 Å². The molecular weight excluding hydrogens is 324 g/mol. The molecule has 0 spiro atoms. The van der Waals surface area contributed by atoms with Crippen molar-refractivity contribution in [1.82, 2.24) is 15.2 Å². The molecule has 1 heterocycles. The molecule has 0 fully saturated rings. The quantitative estimate of drug-likeness (QED) is 0.705. The molecule has 5 heteroatoms. The van der Waals surface area contributed by atoms with Crippen LogP contribution in [0.3, 0.4) is 0 Å². The number of amides is 1. The van der Waals surface area contributed by atoms with Crippen LogP contribution in [0, 0.1) is 0 Å². The van der Waals surface area contributed by atoms with Gasteiger partial charge >= 0.3 is 0 Å². The Bertz CT molecular complexity index is 851. The largest absolute Gasteiger partial charge is 0.361 e. The summed E-state index contributed by atoms with van der Waals surface area (Å²) in [4.78, 5) is 18.1. The molecule has 0 bridgehead atoms. The number of carbonyl (C=O) groups is 1. The molecular formula is C21H30N4O. The molecule has 1 atom stereocenters. The summed E-state index contributed by atoms with van der Waals surface area (Å²) in [5.74, 6) is -0.0280. The number of likely N-dealkylation sites (N-methyl/N-ethyl adjacent to an activating group) is 1. The highest BCUT2D eigenvalue weighted by Crippen LogP contribution is 2.12. The average Bonchev–Trinajstić information content (AvgIpc) is 3.00. The molecule has 0 saturated heterocycles. The van der Waals surface area contributed by atoms with Gasteiger partial charge in [0.05, 0.1) is 6.04 Å². The van der Waals surface area contributed by atoms with Crippen LogP contribution >= 0.6 is 0 Å². The van der Waals surface area contributed by atoms with Crippen molar-refractivity contribution in [2.24, 2.45) is 0 Å². The molecule has 0 aliphatic rings. The number of anilines is 1. The number of hydrogen-bond donors (Lipinski definition) is 3. The van der Waals surface area contributed by atoms with Crippen molar-refractivity contribution in [1.29, 1.82) is 0 Å². The van der Waals surface area contributed by atoms with Gasteiger partial charge in [0.1, 0.15) is 0 Å².